The Kier molecular flexibility index (Phi) is 7.89. The van der Waals surface area contributed by atoms with Gasteiger partial charge in [0.1, 0.15) is 18.2 Å². The highest BCUT2D eigenvalue weighted by Crippen LogP contribution is 2.38. The zero-order valence-electron chi connectivity index (χ0n) is 20.0. The molecule has 0 heterocycles. The first-order chi connectivity index (χ1) is 17.5. The number of hydrogen-bond donors (Lipinski definition) is 1. The highest BCUT2D eigenvalue weighted by Gasteiger charge is 2.15. The largest absolute Gasteiger partial charge is 0.493 e. The Bertz CT molecular complexity index is 1480. The van der Waals surface area contributed by atoms with Crippen molar-refractivity contribution in [2.24, 2.45) is 0 Å². The molecule has 4 aromatic carbocycles. The van der Waals surface area contributed by atoms with Gasteiger partial charge in [0.15, 0.2) is 11.5 Å². The number of rotatable bonds is 8. The van der Waals surface area contributed by atoms with Gasteiger partial charge in [-0.05, 0) is 58.2 Å². The number of halogens is 1. The highest BCUT2D eigenvalue weighted by atomic mass is 35.5. The second-order valence-corrected chi connectivity index (χ2v) is 8.50. The monoisotopic (exact) mass is 496 g/mol. The number of methoxy groups -OCH3 is 1. The number of para-hydroxylation sites is 1. The molecule has 0 aliphatic rings. The van der Waals surface area contributed by atoms with Crippen LogP contribution < -0.4 is 14.8 Å². The summed E-state index contributed by atoms with van der Waals surface area (Å²) in [5, 5.41) is 15.0. The number of carbonyl (C=O) groups is 1. The van der Waals surface area contributed by atoms with Crippen molar-refractivity contribution in [3.63, 3.8) is 0 Å². The molecule has 180 valence electrons. The summed E-state index contributed by atoms with van der Waals surface area (Å²) in [4.78, 5) is 12.8. The van der Waals surface area contributed by atoms with E-state index in [4.69, 9.17) is 21.1 Å². The maximum absolute atomic E-state index is 12.8. The summed E-state index contributed by atoms with van der Waals surface area (Å²) in [6.45, 7) is 2.31. The molecule has 36 heavy (non-hydrogen) atoms. The molecule has 0 saturated heterocycles. The molecule has 5 nitrogen and oxygen atoms in total. The van der Waals surface area contributed by atoms with E-state index in [1.165, 1.54) is 13.2 Å². The Morgan fingerprint density at radius 1 is 1.03 bits per heavy atom. The van der Waals surface area contributed by atoms with E-state index in [0.29, 0.717) is 34.4 Å². The summed E-state index contributed by atoms with van der Waals surface area (Å²) in [7, 11) is 1.52. The number of anilines is 1. The lowest BCUT2D eigenvalue weighted by Crippen LogP contribution is -2.14. The van der Waals surface area contributed by atoms with Crippen LogP contribution in [0.5, 0.6) is 11.5 Å². The van der Waals surface area contributed by atoms with Crippen LogP contribution in [0.25, 0.3) is 16.8 Å². The maximum atomic E-state index is 12.8. The van der Waals surface area contributed by atoms with Gasteiger partial charge in [-0.15, -0.1) is 0 Å². The topological polar surface area (TPSA) is 71.4 Å². The number of fused-ring (bicyclic) bond motifs is 1. The first kappa shape index (κ1) is 24.8. The zero-order valence-corrected chi connectivity index (χ0v) is 20.8. The molecule has 0 aromatic heterocycles. The second-order valence-electron chi connectivity index (χ2n) is 8.10. The third-order valence-electron chi connectivity index (χ3n) is 5.83. The van der Waals surface area contributed by atoms with Crippen molar-refractivity contribution < 1.29 is 14.3 Å². The SMILES string of the molecule is CCc1ccccc1NC(=O)/C(C#N)=C/c1cc(Cl)c(OCc2cccc3ccccc23)c(OC)c1. The Labute approximate surface area is 215 Å². The lowest BCUT2D eigenvalue weighted by atomic mass is 10.1. The molecule has 6 heteroatoms. The van der Waals surface area contributed by atoms with Gasteiger partial charge < -0.3 is 14.8 Å². The van der Waals surface area contributed by atoms with Crippen LogP contribution in [0.2, 0.25) is 5.02 Å². The normalized spacial score (nSPS) is 11.1. The Hall–Kier alpha value is -4.27. The molecule has 0 aliphatic carbocycles. The van der Waals surface area contributed by atoms with Crippen LogP contribution in [0.1, 0.15) is 23.6 Å². The Morgan fingerprint density at radius 2 is 1.75 bits per heavy atom. The summed E-state index contributed by atoms with van der Waals surface area (Å²) < 4.78 is 11.6. The molecule has 1 amide bonds. The van der Waals surface area contributed by atoms with Gasteiger partial charge in [0, 0.05) is 5.69 Å². The average molecular weight is 497 g/mol. The molecule has 0 bridgehead atoms. The van der Waals surface area contributed by atoms with Crippen LogP contribution in [0.15, 0.2) is 84.4 Å². The molecule has 0 unspecified atom stereocenters. The fraction of sp³-hybridized carbons (Fsp3) is 0.133. The summed E-state index contributed by atoms with van der Waals surface area (Å²) >= 11 is 6.56. The number of carbonyl (C=O) groups excluding carboxylic acids is 1. The van der Waals surface area contributed by atoms with Crippen molar-refractivity contribution in [2.75, 3.05) is 12.4 Å². The van der Waals surface area contributed by atoms with E-state index in [1.807, 2.05) is 67.6 Å². The van der Waals surface area contributed by atoms with E-state index in [9.17, 15) is 10.1 Å². The minimum absolute atomic E-state index is 0.0524. The van der Waals surface area contributed by atoms with Gasteiger partial charge in [-0.25, -0.2) is 0 Å². The van der Waals surface area contributed by atoms with Crippen LogP contribution in [0.3, 0.4) is 0 Å². The Morgan fingerprint density at radius 3 is 2.53 bits per heavy atom. The van der Waals surface area contributed by atoms with Crippen LogP contribution in [-0.2, 0) is 17.8 Å². The molecule has 4 rings (SSSR count). The van der Waals surface area contributed by atoms with E-state index in [-0.39, 0.29) is 5.57 Å². The predicted octanol–water partition coefficient (Wildman–Crippen LogP) is 7.19. The maximum Gasteiger partial charge on any atom is 0.266 e. The number of ether oxygens (including phenoxy) is 2. The minimum atomic E-state index is -0.496. The second kappa shape index (κ2) is 11.4. The van der Waals surface area contributed by atoms with Gasteiger partial charge in [0.25, 0.3) is 5.91 Å². The third kappa shape index (κ3) is 5.51. The van der Waals surface area contributed by atoms with Crippen molar-refractivity contribution in [3.05, 3.63) is 106 Å². The number of hydrogen-bond acceptors (Lipinski definition) is 4. The number of nitrogens with one attached hydrogen (secondary N) is 1. The van der Waals surface area contributed by atoms with Gasteiger partial charge in [-0.2, -0.15) is 5.26 Å². The summed E-state index contributed by atoms with van der Waals surface area (Å²) in [5.41, 5.74) is 3.18. The van der Waals surface area contributed by atoms with Gasteiger partial charge in [-0.1, -0.05) is 79.2 Å². The molecule has 0 saturated carbocycles. The van der Waals surface area contributed by atoms with E-state index < -0.39 is 5.91 Å². The van der Waals surface area contributed by atoms with Gasteiger partial charge in [0.05, 0.1) is 12.1 Å². The molecular formula is C30H25ClN2O3. The van der Waals surface area contributed by atoms with Crippen LogP contribution in [0.4, 0.5) is 5.69 Å². The Balaban J connectivity index is 1.57. The van der Waals surface area contributed by atoms with Gasteiger partial charge >= 0.3 is 0 Å². The van der Waals surface area contributed by atoms with Crippen LogP contribution >= 0.6 is 11.6 Å². The molecule has 0 aliphatic heterocycles. The first-order valence-corrected chi connectivity index (χ1v) is 11.9. The fourth-order valence-corrected chi connectivity index (χ4v) is 4.26. The zero-order chi connectivity index (χ0) is 25.5. The quantitative estimate of drug-likeness (QED) is 0.207. The lowest BCUT2D eigenvalue weighted by molar-refractivity contribution is -0.112. The fourth-order valence-electron chi connectivity index (χ4n) is 3.99. The highest BCUT2D eigenvalue weighted by molar-refractivity contribution is 6.32. The van der Waals surface area contributed by atoms with E-state index in [2.05, 4.69) is 17.4 Å². The van der Waals surface area contributed by atoms with Crippen molar-refractivity contribution in [1.82, 2.24) is 0 Å². The summed E-state index contributed by atoms with van der Waals surface area (Å²) in [5.74, 6) is 0.303. The average Bonchev–Trinajstić information content (AvgIpc) is 2.91. The predicted molar refractivity (Wildman–Crippen MR) is 144 cm³/mol. The number of aryl methyl sites for hydroxylation is 1. The van der Waals surface area contributed by atoms with Crippen molar-refractivity contribution in [3.8, 4) is 17.6 Å². The molecular weight excluding hydrogens is 472 g/mol. The van der Waals surface area contributed by atoms with Crippen LogP contribution in [0, 0.1) is 11.3 Å². The number of nitrogens with zero attached hydrogens (tertiary/aromatic N) is 1. The number of nitriles is 1. The van der Waals surface area contributed by atoms with E-state index in [1.54, 1.807) is 12.1 Å². The third-order valence-corrected chi connectivity index (χ3v) is 6.11. The van der Waals surface area contributed by atoms with Crippen LogP contribution in [-0.4, -0.2) is 13.0 Å². The van der Waals surface area contributed by atoms with Gasteiger partial charge in [-0.3, -0.25) is 4.79 Å². The van der Waals surface area contributed by atoms with Crippen molar-refractivity contribution in [1.29, 1.82) is 5.26 Å². The number of benzene rings is 4. The number of amides is 1. The minimum Gasteiger partial charge on any atom is -0.493 e. The smallest absolute Gasteiger partial charge is 0.266 e. The van der Waals surface area contributed by atoms with E-state index in [0.717, 1.165) is 28.3 Å². The van der Waals surface area contributed by atoms with Crippen molar-refractivity contribution >= 4 is 40.0 Å². The molecule has 0 atom stereocenters. The summed E-state index contributed by atoms with van der Waals surface area (Å²) in [6, 6.07) is 27.0. The molecule has 0 spiro atoms. The molecule has 0 radical (unpaired) electrons. The molecule has 1 N–H and O–H groups in total. The van der Waals surface area contributed by atoms with E-state index >= 15 is 0 Å². The lowest BCUT2D eigenvalue weighted by Gasteiger charge is -2.15. The molecule has 0 fully saturated rings. The van der Waals surface area contributed by atoms with Crippen molar-refractivity contribution in [2.45, 2.75) is 20.0 Å². The standard InChI is InChI=1S/C30H25ClN2O3/c1-3-21-9-5-7-14-27(21)33-30(34)24(18-32)15-20-16-26(31)29(28(17-20)35-2)36-19-23-12-8-11-22-10-4-6-13-25(22)23/h4-17H,3,19H2,1-2H3,(H,33,34)/b24-15+. The summed E-state index contributed by atoms with van der Waals surface area (Å²) in [6.07, 6.45) is 2.24. The first-order valence-electron chi connectivity index (χ1n) is 11.5. The van der Waals surface area contributed by atoms with Gasteiger partial charge in [0.2, 0.25) is 0 Å². The molecule has 4 aromatic rings.